The molecule has 9 nitrogen and oxygen atoms in total. The highest BCUT2D eigenvalue weighted by Crippen LogP contribution is 2.41. The van der Waals surface area contributed by atoms with E-state index >= 15 is 0 Å². The number of nitrogens with one attached hydrogen (secondary N) is 2. The molecule has 0 bridgehead atoms. The number of hydrogen-bond donors (Lipinski definition) is 4. The van der Waals surface area contributed by atoms with Gasteiger partial charge in [0.15, 0.2) is 11.5 Å². The number of nitriles is 1. The molecular formula is C22H23N3O6. The maximum absolute atomic E-state index is 12.6. The van der Waals surface area contributed by atoms with Crippen LogP contribution in [0.1, 0.15) is 31.1 Å². The lowest BCUT2D eigenvalue weighted by atomic mass is 9.82. The molecule has 9 heteroatoms. The summed E-state index contributed by atoms with van der Waals surface area (Å²) < 4.78 is 10.7. The number of hydrogen-bond acceptors (Lipinski definition) is 7. The predicted octanol–water partition coefficient (Wildman–Crippen LogP) is 3.65. The van der Waals surface area contributed by atoms with Crippen molar-refractivity contribution in [3.63, 3.8) is 0 Å². The molecule has 162 valence electrons. The van der Waals surface area contributed by atoms with Crippen LogP contribution in [-0.2, 0) is 9.53 Å². The van der Waals surface area contributed by atoms with E-state index in [-0.39, 0.29) is 11.5 Å². The number of anilines is 1. The second kappa shape index (κ2) is 10.1. The molecule has 0 saturated heterocycles. The average Bonchev–Trinajstić information content (AvgIpc) is 2.76. The predicted molar refractivity (Wildman–Crippen MR) is 112 cm³/mol. The maximum Gasteiger partial charge on any atom is 0.412 e. The van der Waals surface area contributed by atoms with Gasteiger partial charge < -0.3 is 14.6 Å². The van der Waals surface area contributed by atoms with E-state index in [0.717, 1.165) is 6.08 Å². The Hall–Kier alpha value is -4.03. The fourth-order valence-electron chi connectivity index (χ4n) is 2.82. The number of aromatic hydroxyl groups is 1. The average molecular weight is 425 g/mol. The number of methoxy groups -OCH3 is 1. The summed E-state index contributed by atoms with van der Waals surface area (Å²) in [5.41, 5.74) is 1.90. The fraction of sp³-hybridized carbons (Fsp3) is 0.227. The van der Waals surface area contributed by atoms with Crippen molar-refractivity contribution < 1.29 is 29.4 Å². The summed E-state index contributed by atoms with van der Waals surface area (Å²) in [6, 6.07) is 12.8. The van der Waals surface area contributed by atoms with Crippen molar-refractivity contribution in [3.8, 4) is 17.6 Å². The molecule has 0 aliphatic rings. The Bertz CT molecular complexity index is 1010. The number of hydroxylamine groups is 1. The van der Waals surface area contributed by atoms with Crippen molar-refractivity contribution in [3.05, 3.63) is 65.7 Å². The topological polar surface area (TPSA) is 141 Å². The first kappa shape index (κ1) is 23.3. The molecule has 2 aromatic rings. The van der Waals surface area contributed by atoms with Crippen LogP contribution in [0.15, 0.2) is 54.6 Å². The first-order valence-corrected chi connectivity index (χ1v) is 9.18. The van der Waals surface area contributed by atoms with Gasteiger partial charge in [0, 0.05) is 17.2 Å². The van der Waals surface area contributed by atoms with Gasteiger partial charge in [-0.2, -0.15) is 5.26 Å². The highest BCUT2D eigenvalue weighted by atomic mass is 16.6. The molecule has 0 heterocycles. The second-order valence-corrected chi connectivity index (χ2v) is 7.16. The molecule has 0 radical (unpaired) electrons. The van der Waals surface area contributed by atoms with Crippen molar-refractivity contribution in [1.29, 1.82) is 5.26 Å². The number of carbonyl (C=O) groups excluding carboxylic acids is 2. The number of nitrogens with zero attached hydrogens (tertiary/aromatic N) is 1. The summed E-state index contributed by atoms with van der Waals surface area (Å²) in [5, 5.41) is 30.3. The van der Waals surface area contributed by atoms with Gasteiger partial charge in [-0.3, -0.25) is 15.3 Å². The smallest absolute Gasteiger partial charge is 0.412 e. The molecule has 0 saturated carbocycles. The van der Waals surface area contributed by atoms with Crippen LogP contribution < -0.4 is 15.5 Å². The molecule has 2 aromatic carbocycles. The number of rotatable bonds is 7. The standard InChI is InChI=1S/C22H23N3O6/c1-22(2,11-10-19(27)25-29)20(15-6-9-18(30-3)17(26)12-15)31-21(28)24-16-7-4-14(13-23)5-8-16/h4-12,20,26,29H,1-3H3,(H,24,28)(H,25,27)/b11-10+/t20-/m0/s1. The van der Waals surface area contributed by atoms with Crippen LogP contribution in [0.25, 0.3) is 0 Å². The summed E-state index contributed by atoms with van der Waals surface area (Å²) >= 11 is 0. The number of phenolic OH excluding ortho intramolecular Hbond substituents is 1. The third-order valence-electron chi connectivity index (χ3n) is 4.44. The van der Waals surface area contributed by atoms with Crippen molar-refractivity contribution in [2.45, 2.75) is 20.0 Å². The van der Waals surface area contributed by atoms with Gasteiger partial charge in [0.25, 0.3) is 5.91 Å². The van der Waals surface area contributed by atoms with E-state index in [2.05, 4.69) is 5.32 Å². The van der Waals surface area contributed by atoms with Crippen molar-refractivity contribution in [2.24, 2.45) is 5.41 Å². The zero-order chi connectivity index (χ0) is 23.0. The van der Waals surface area contributed by atoms with Gasteiger partial charge in [0.05, 0.1) is 18.7 Å². The molecule has 0 fully saturated rings. The van der Waals surface area contributed by atoms with Crippen LogP contribution in [0.2, 0.25) is 0 Å². The van der Waals surface area contributed by atoms with Crippen molar-refractivity contribution in [2.75, 3.05) is 12.4 Å². The van der Waals surface area contributed by atoms with E-state index in [1.165, 1.54) is 30.8 Å². The van der Waals surface area contributed by atoms with Gasteiger partial charge in [-0.15, -0.1) is 0 Å². The Morgan fingerprint density at radius 3 is 2.42 bits per heavy atom. The number of phenols is 1. The fourth-order valence-corrected chi connectivity index (χ4v) is 2.82. The summed E-state index contributed by atoms with van der Waals surface area (Å²) in [6.07, 6.45) is 0.876. The van der Waals surface area contributed by atoms with Gasteiger partial charge in [0.1, 0.15) is 6.10 Å². The Kier molecular flexibility index (Phi) is 7.60. The van der Waals surface area contributed by atoms with Gasteiger partial charge in [-0.05, 0) is 42.0 Å². The van der Waals surface area contributed by atoms with E-state index in [1.807, 2.05) is 6.07 Å². The lowest BCUT2D eigenvalue weighted by Gasteiger charge is -2.32. The summed E-state index contributed by atoms with van der Waals surface area (Å²) in [5.74, 6) is -0.641. The van der Waals surface area contributed by atoms with Crippen LogP contribution in [0.5, 0.6) is 11.5 Å². The lowest BCUT2D eigenvalue weighted by molar-refractivity contribution is -0.124. The third kappa shape index (κ3) is 6.22. The van der Waals surface area contributed by atoms with Crippen molar-refractivity contribution in [1.82, 2.24) is 5.48 Å². The molecule has 2 rings (SSSR count). The zero-order valence-electron chi connectivity index (χ0n) is 17.2. The molecular weight excluding hydrogens is 402 g/mol. The highest BCUT2D eigenvalue weighted by molar-refractivity contribution is 5.86. The minimum Gasteiger partial charge on any atom is -0.504 e. The van der Waals surface area contributed by atoms with Gasteiger partial charge >= 0.3 is 6.09 Å². The Morgan fingerprint density at radius 2 is 1.87 bits per heavy atom. The Morgan fingerprint density at radius 1 is 1.19 bits per heavy atom. The Balaban J connectivity index is 2.33. The van der Waals surface area contributed by atoms with Crippen LogP contribution in [0, 0.1) is 16.7 Å². The van der Waals surface area contributed by atoms with Crippen LogP contribution in [-0.4, -0.2) is 29.4 Å². The largest absolute Gasteiger partial charge is 0.504 e. The summed E-state index contributed by atoms with van der Waals surface area (Å²) in [7, 11) is 1.41. The lowest BCUT2D eigenvalue weighted by Crippen LogP contribution is -2.28. The van der Waals surface area contributed by atoms with Crippen molar-refractivity contribution >= 4 is 17.7 Å². The first-order chi connectivity index (χ1) is 14.7. The normalized spacial score (nSPS) is 12.0. The molecule has 0 spiro atoms. The van der Waals surface area contributed by atoms with Crippen LogP contribution in [0.3, 0.4) is 0 Å². The Labute approximate surface area is 179 Å². The van der Waals surface area contributed by atoms with Gasteiger partial charge in [-0.25, -0.2) is 10.3 Å². The summed E-state index contributed by atoms with van der Waals surface area (Å²) in [4.78, 5) is 24.0. The number of amides is 2. The van der Waals surface area contributed by atoms with E-state index in [4.69, 9.17) is 19.9 Å². The molecule has 4 N–H and O–H groups in total. The molecule has 0 unspecified atom stereocenters. The van der Waals surface area contributed by atoms with Gasteiger partial charge in [-0.1, -0.05) is 26.0 Å². The van der Waals surface area contributed by atoms with E-state index in [9.17, 15) is 14.7 Å². The minimum absolute atomic E-state index is 0.144. The maximum atomic E-state index is 12.6. The highest BCUT2D eigenvalue weighted by Gasteiger charge is 2.33. The van der Waals surface area contributed by atoms with E-state index in [0.29, 0.717) is 16.8 Å². The quantitative estimate of drug-likeness (QED) is 0.301. The zero-order valence-corrected chi connectivity index (χ0v) is 17.2. The minimum atomic E-state index is -0.926. The molecule has 2 amide bonds. The summed E-state index contributed by atoms with van der Waals surface area (Å²) in [6.45, 7) is 3.43. The third-order valence-corrected chi connectivity index (χ3v) is 4.44. The SMILES string of the molecule is COc1ccc([C@H](OC(=O)Nc2ccc(C#N)cc2)C(C)(C)/C=C/C(=O)NO)cc1O. The van der Waals surface area contributed by atoms with Gasteiger partial charge in [0.2, 0.25) is 0 Å². The first-order valence-electron chi connectivity index (χ1n) is 9.18. The molecule has 0 aromatic heterocycles. The number of benzene rings is 2. The molecule has 31 heavy (non-hydrogen) atoms. The monoisotopic (exact) mass is 425 g/mol. The van der Waals surface area contributed by atoms with Crippen LogP contribution in [0.4, 0.5) is 10.5 Å². The van der Waals surface area contributed by atoms with Crippen LogP contribution >= 0.6 is 0 Å². The molecule has 0 aliphatic carbocycles. The van der Waals surface area contributed by atoms with E-state index in [1.54, 1.807) is 44.2 Å². The molecule has 1 atom stereocenters. The number of ether oxygens (including phenoxy) is 2. The second-order valence-electron chi connectivity index (χ2n) is 7.16. The molecule has 0 aliphatic heterocycles. The van der Waals surface area contributed by atoms with E-state index < -0.39 is 23.5 Å². The number of carbonyl (C=O) groups is 2.